The van der Waals surface area contributed by atoms with E-state index in [2.05, 4.69) is 5.32 Å². The Bertz CT molecular complexity index is 387. The first-order chi connectivity index (χ1) is 8.84. The van der Waals surface area contributed by atoms with Crippen molar-refractivity contribution in [3.63, 3.8) is 0 Å². The number of hydrogen-bond donors (Lipinski definition) is 2. The summed E-state index contributed by atoms with van der Waals surface area (Å²) in [7, 11) is 1.68. The molecule has 0 radical (unpaired) electrons. The van der Waals surface area contributed by atoms with E-state index in [0.717, 1.165) is 19.3 Å². The summed E-state index contributed by atoms with van der Waals surface area (Å²) in [5.41, 5.74) is -0.220. The number of carboxylic acid groups (broad SMARTS) is 1. The van der Waals surface area contributed by atoms with Crippen LogP contribution in [0.3, 0.4) is 0 Å². The van der Waals surface area contributed by atoms with Gasteiger partial charge in [-0.05, 0) is 30.1 Å². The van der Waals surface area contributed by atoms with E-state index >= 15 is 0 Å². The average molecular weight is 269 g/mol. The fraction of sp³-hybridized carbons (Fsp3) is 0.857. The van der Waals surface area contributed by atoms with Crippen molar-refractivity contribution in [2.75, 3.05) is 20.3 Å². The number of rotatable bonds is 7. The van der Waals surface area contributed by atoms with E-state index in [4.69, 9.17) is 9.84 Å². The minimum absolute atomic E-state index is 0.110. The lowest BCUT2D eigenvalue weighted by atomic mass is 10.0. The molecule has 108 valence electrons. The summed E-state index contributed by atoms with van der Waals surface area (Å²) in [5.74, 6) is -1.91. The molecule has 5 heteroatoms. The van der Waals surface area contributed by atoms with Gasteiger partial charge in [-0.2, -0.15) is 0 Å². The van der Waals surface area contributed by atoms with Crippen LogP contribution >= 0.6 is 0 Å². The smallest absolute Gasteiger partial charge is 0.307 e. The maximum Gasteiger partial charge on any atom is 0.307 e. The highest BCUT2D eigenvalue weighted by Crippen LogP contribution is 2.58. The monoisotopic (exact) mass is 269 g/mol. The predicted octanol–water partition coefficient (Wildman–Crippen LogP) is 1.28. The fourth-order valence-corrected chi connectivity index (χ4v) is 2.98. The molecule has 0 heterocycles. The quantitative estimate of drug-likeness (QED) is 0.730. The van der Waals surface area contributed by atoms with Crippen molar-refractivity contribution in [3.05, 3.63) is 0 Å². The molecule has 0 aromatic rings. The zero-order chi connectivity index (χ0) is 14.3. The highest BCUT2D eigenvalue weighted by Gasteiger charge is 2.66. The van der Waals surface area contributed by atoms with Crippen LogP contribution in [0.25, 0.3) is 0 Å². The first-order valence-corrected chi connectivity index (χ1v) is 6.83. The van der Waals surface area contributed by atoms with Gasteiger partial charge in [-0.25, -0.2) is 0 Å². The lowest BCUT2D eigenvalue weighted by Gasteiger charge is -2.15. The average Bonchev–Trinajstić information content (AvgIpc) is 3.20. The number of carboxylic acids is 1. The third-order valence-electron chi connectivity index (χ3n) is 4.81. The minimum atomic E-state index is -0.870. The molecule has 5 nitrogen and oxygen atoms in total. The molecule has 2 aliphatic carbocycles. The normalized spacial score (nSPS) is 29.6. The number of aliphatic carboxylic acids is 1. The number of carbonyl (C=O) groups excluding carboxylic acids is 1. The van der Waals surface area contributed by atoms with Crippen LogP contribution in [0.1, 0.15) is 33.1 Å². The first-order valence-electron chi connectivity index (χ1n) is 6.83. The van der Waals surface area contributed by atoms with Gasteiger partial charge in [0.15, 0.2) is 0 Å². The van der Waals surface area contributed by atoms with Gasteiger partial charge in [0.1, 0.15) is 0 Å². The Labute approximate surface area is 113 Å². The third-order valence-corrected chi connectivity index (χ3v) is 4.81. The molecule has 2 saturated carbocycles. The number of hydrogen-bond acceptors (Lipinski definition) is 3. The van der Waals surface area contributed by atoms with Crippen molar-refractivity contribution < 1.29 is 19.4 Å². The van der Waals surface area contributed by atoms with Crippen LogP contribution in [0.5, 0.6) is 0 Å². The van der Waals surface area contributed by atoms with Crippen LogP contribution in [0.4, 0.5) is 0 Å². The molecular formula is C14H23NO4. The highest BCUT2D eigenvalue weighted by molar-refractivity contribution is 5.91. The number of amides is 1. The largest absolute Gasteiger partial charge is 0.481 e. The van der Waals surface area contributed by atoms with Crippen LogP contribution in [0, 0.1) is 22.7 Å². The summed E-state index contributed by atoms with van der Waals surface area (Å²) >= 11 is 0. The van der Waals surface area contributed by atoms with Crippen molar-refractivity contribution in [3.8, 4) is 0 Å². The number of methoxy groups -OCH3 is 1. The van der Waals surface area contributed by atoms with Gasteiger partial charge in [0.2, 0.25) is 5.91 Å². The molecule has 0 aromatic carbocycles. The molecule has 0 spiro atoms. The SMILES string of the molecule is COCCC1(CNC(=O)[C@H]2[C@@H](C(=O)O)C2(C)C)CC1. The molecule has 19 heavy (non-hydrogen) atoms. The minimum Gasteiger partial charge on any atom is -0.481 e. The highest BCUT2D eigenvalue weighted by atomic mass is 16.5. The molecule has 2 N–H and O–H groups in total. The van der Waals surface area contributed by atoms with Crippen LogP contribution in [-0.2, 0) is 14.3 Å². The van der Waals surface area contributed by atoms with Crippen LogP contribution in [0.15, 0.2) is 0 Å². The van der Waals surface area contributed by atoms with E-state index in [9.17, 15) is 9.59 Å². The molecule has 0 unspecified atom stereocenters. The zero-order valence-corrected chi connectivity index (χ0v) is 11.9. The van der Waals surface area contributed by atoms with Crippen LogP contribution in [0.2, 0.25) is 0 Å². The van der Waals surface area contributed by atoms with Crippen LogP contribution < -0.4 is 5.32 Å². The summed E-state index contributed by atoms with van der Waals surface area (Å²) in [4.78, 5) is 23.1. The molecule has 0 saturated heterocycles. The Morgan fingerprint density at radius 3 is 2.37 bits per heavy atom. The lowest BCUT2D eigenvalue weighted by Crippen LogP contribution is -2.33. The predicted molar refractivity (Wildman–Crippen MR) is 69.6 cm³/mol. The van der Waals surface area contributed by atoms with Gasteiger partial charge in [0.25, 0.3) is 0 Å². The summed E-state index contributed by atoms with van der Waals surface area (Å²) < 4.78 is 5.08. The Kier molecular flexibility index (Phi) is 3.60. The topological polar surface area (TPSA) is 75.6 Å². The van der Waals surface area contributed by atoms with E-state index in [1.165, 1.54) is 0 Å². The molecule has 0 aromatic heterocycles. The summed E-state index contributed by atoms with van der Waals surface area (Å²) in [6, 6.07) is 0. The number of ether oxygens (including phenoxy) is 1. The third kappa shape index (κ3) is 2.76. The van der Waals surface area contributed by atoms with E-state index in [1.807, 2.05) is 13.8 Å². The van der Waals surface area contributed by atoms with Gasteiger partial charge in [-0.1, -0.05) is 13.8 Å². The first kappa shape index (κ1) is 14.3. The second-order valence-corrected chi connectivity index (χ2v) is 6.58. The van der Waals surface area contributed by atoms with Crippen molar-refractivity contribution in [2.24, 2.45) is 22.7 Å². The molecule has 2 rings (SSSR count). The Hall–Kier alpha value is -1.10. The number of nitrogens with one attached hydrogen (secondary N) is 1. The van der Waals surface area contributed by atoms with E-state index in [0.29, 0.717) is 13.2 Å². The van der Waals surface area contributed by atoms with Gasteiger partial charge >= 0.3 is 5.97 Å². The Morgan fingerprint density at radius 1 is 1.32 bits per heavy atom. The van der Waals surface area contributed by atoms with Gasteiger partial charge in [0, 0.05) is 20.3 Å². The standard InChI is InChI=1S/C14H23NO4/c1-13(2)9(10(13)12(17)18)11(16)15-8-14(4-5-14)6-7-19-3/h9-10H,4-8H2,1-3H3,(H,15,16)(H,17,18)/t9-,10+/m1/s1. The number of carbonyl (C=O) groups is 2. The maximum absolute atomic E-state index is 12.1. The van der Waals surface area contributed by atoms with Gasteiger partial charge in [-0.15, -0.1) is 0 Å². The summed E-state index contributed by atoms with van der Waals surface area (Å²) in [5, 5.41) is 12.0. The lowest BCUT2D eigenvalue weighted by molar-refractivity contribution is -0.140. The van der Waals surface area contributed by atoms with Gasteiger partial charge in [-0.3, -0.25) is 9.59 Å². The Balaban J connectivity index is 1.82. The molecule has 2 aliphatic rings. The summed E-state index contributed by atoms with van der Waals surface area (Å²) in [6.07, 6.45) is 3.19. The zero-order valence-electron chi connectivity index (χ0n) is 11.9. The molecule has 0 aliphatic heterocycles. The van der Waals surface area contributed by atoms with Crippen LogP contribution in [-0.4, -0.2) is 37.2 Å². The molecule has 2 atom stereocenters. The van der Waals surface area contributed by atoms with E-state index < -0.39 is 17.3 Å². The Morgan fingerprint density at radius 2 is 1.95 bits per heavy atom. The van der Waals surface area contributed by atoms with E-state index in [-0.39, 0.29) is 17.2 Å². The molecule has 1 amide bonds. The van der Waals surface area contributed by atoms with Crippen molar-refractivity contribution in [1.29, 1.82) is 0 Å². The van der Waals surface area contributed by atoms with Gasteiger partial charge in [0.05, 0.1) is 11.8 Å². The van der Waals surface area contributed by atoms with Crippen molar-refractivity contribution in [1.82, 2.24) is 5.32 Å². The summed E-state index contributed by atoms with van der Waals surface area (Å²) in [6.45, 7) is 5.04. The second kappa shape index (κ2) is 4.78. The molecule has 0 bridgehead atoms. The fourth-order valence-electron chi connectivity index (χ4n) is 2.98. The van der Waals surface area contributed by atoms with Crippen molar-refractivity contribution >= 4 is 11.9 Å². The van der Waals surface area contributed by atoms with Crippen molar-refractivity contribution in [2.45, 2.75) is 33.1 Å². The van der Waals surface area contributed by atoms with Gasteiger partial charge < -0.3 is 15.2 Å². The maximum atomic E-state index is 12.1. The van der Waals surface area contributed by atoms with E-state index in [1.54, 1.807) is 7.11 Å². The second-order valence-electron chi connectivity index (χ2n) is 6.58. The molecule has 2 fully saturated rings. The molecular weight excluding hydrogens is 246 g/mol.